The molecule has 1 aromatic heterocycles. The quantitative estimate of drug-likeness (QED) is 0.836. The van der Waals surface area contributed by atoms with Gasteiger partial charge in [0.15, 0.2) is 5.22 Å². The minimum absolute atomic E-state index is 0.0185. The maximum absolute atomic E-state index is 6.18. The van der Waals surface area contributed by atoms with Crippen molar-refractivity contribution in [1.29, 1.82) is 0 Å². The van der Waals surface area contributed by atoms with Gasteiger partial charge >= 0.3 is 0 Å². The van der Waals surface area contributed by atoms with Gasteiger partial charge in [0, 0.05) is 0 Å². The van der Waals surface area contributed by atoms with Crippen molar-refractivity contribution in [2.45, 2.75) is 38.6 Å². The highest BCUT2D eigenvalue weighted by atomic mass is 35.5. The summed E-state index contributed by atoms with van der Waals surface area (Å²) < 4.78 is 5.37. The number of furan rings is 1. The third-order valence-electron chi connectivity index (χ3n) is 3.49. The van der Waals surface area contributed by atoms with E-state index >= 15 is 0 Å². The van der Waals surface area contributed by atoms with E-state index in [1.54, 1.807) is 6.07 Å². The SMILES string of the molecule is CC1CCC(C(N)c2ccc(Cl)o2)CC1. The number of hydrogen-bond donors (Lipinski definition) is 1. The standard InChI is InChI=1S/C12H18ClNO/c1-8-2-4-9(5-3-8)12(14)10-6-7-11(13)15-10/h6-9,12H,2-5,14H2,1H3. The summed E-state index contributed by atoms with van der Waals surface area (Å²) in [6.07, 6.45) is 4.99. The lowest BCUT2D eigenvalue weighted by molar-refractivity contribution is 0.239. The molecule has 2 N–H and O–H groups in total. The van der Waals surface area contributed by atoms with Gasteiger partial charge in [-0.2, -0.15) is 0 Å². The van der Waals surface area contributed by atoms with Crippen molar-refractivity contribution in [2.75, 3.05) is 0 Å². The Labute approximate surface area is 95.8 Å². The molecule has 1 aliphatic carbocycles. The monoisotopic (exact) mass is 227 g/mol. The summed E-state index contributed by atoms with van der Waals surface area (Å²) in [4.78, 5) is 0. The summed E-state index contributed by atoms with van der Waals surface area (Å²) in [5, 5.41) is 0.435. The number of hydrogen-bond acceptors (Lipinski definition) is 2. The lowest BCUT2D eigenvalue weighted by Crippen LogP contribution is -2.25. The second-order valence-corrected chi connectivity index (χ2v) is 5.06. The van der Waals surface area contributed by atoms with Crippen LogP contribution in [-0.4, -0.2) is 0 Å². The highest BCUT2D eigenvalue weighted by molar-refractivity contribution is 6.28. The molecule has 1 heterocycles. The molecule has 1 aromatic rings. The first-order valence-corrected chi connectivity index (χ1v) is 6.05. The number of halogens is 1. The van der Waals surface area contributed by atoms with Gasteiger partial charge in [0.05, 0.1) is 6.04 Å². The van der Waals surface area contributed by atoms with Gasteiger partial charge in [-0.05, 0) is 48.4 Å². The number of rotatable bonds is 2. The lowest BCUT2D eigenvalue weighted by Gasteiger charge is -2.29. The van der Waals surface area contributed by atoms with Gasteiger partial charge in [0.1, 0.15) is 5.76 Å². The van der Waals surface area contributed by atoms with Crippen LogP contribution in [0.2, 0.25) is 5.22 Å². The fourth-order valence-electron chi connectivity index (χ4n) is 2.38. The van der Waals surface area contributed by atoms with Crippen molar-refractivity contribution in [3.05, 3.63) is 23.1 Å². The molecule has 1 aliphatic rings. The fraction of sp³-hybridized carbons (Fsp3) is 0.667. The van der Waals surface area contributed by atoms with Gasteiger partial charge in [-0.15, -0.1) is 0 Å². The van der Waals surface area contributed by atoms with Crippen LogP contribution in [0.15, 0.2) is 16.5 Å². The minimum atomic E-state index is 0.0185. The zero-order chi connectivity index (χ0) is 10.8. The summed E-state index contributed by atoms with van der Waals surface area (Å²) in [5.74, 6) is 2.25. The van der Waals surface area contributed by atoms with Crippen molar-refractivity contribution in [2.24, 2.45) is 17.6 Å². The highest BCUT2D eigenvalue weighted by Crippen LogP contribution is 2.36. The van der Waals surface area contributed by atoms with Crippen molar-refractivity contribution in [1.82, 2.24) is 0 Å². The Morgan fingerprint density at radius 2 is 2.00 bits per heavy atom. The Morgan fingerprint density at radius 1 is 1.33 bits per heavy atom. The first-order valence-electron chi connectivity index (χ1n) is 5.67. The Bertz CT molecular complexity index is 315. The minimum Gasteiger partial charge on any atom is -0.448 e. The maximum Gasteiger partial charge on any atom is 0.193 e. The van der Waals surface area contributed by atoms with Crippen LogP contribution in [0.1, 0.15) is 44.4 Å². The number of nitrogens with two attached hydrogens (primary N) is 1. The molecule has 2 rings (SSSR count). The van der Waals surface area contributed by atoms with E-state index < -0.39 is 0 Å². The molecule has 0 saturated heterocycles. The lowest BCUT2D eigenvalue weighted by atomic mass is 9.79. The molecule has 1 unspecified atom stereocenters. The van der Waals surface area contributed by atoms with Gasteiger partial charge in [0.25, 0.3) is 0 Å². The average Bonchev–Trinajstić information content (AvgIpc) is 2.65. The second-order valence-electron chi connectivity index (χ2n) is 4.69. The van der Waals surface area contributed by atoms with Crippen molar-refractivity contribution in [3.8, 4) is 0 Å². The van der Waals surface area contributed by atoms with Gasteiger partial charge in [-0.25, -0.2) is 0 Å². The van der Waals surface area contributed by atoms with Crippen LogP contribution in [0.4, 0.5) is 0 Å². The molecule has 1 atom stereocenters. The van der Waals surface area contributed by atoms with Gasteiger partial charge in [-0.3, -0.25) is 0 Å². The molecule has 0 bridgehead atoms. The summed E-state index contributed by atoms with van der Waals surface area (Å²) in [6, 6.07) is 3.68. The van der Waals surface area contributed by atoms with Crippen LogP contribution in [0, 0.1) is 11.8 Å². The topological polar surface area (TPSA) is 39.2 Å². The van der Waals surface area contributed by atoms with E-state index in [2.05, 4.69) is 6.92 Å². The molecule has 1 saturated carbocycles. The molecule has 0 amide bonds. The molecule has 0 aliphatic heterocycles. The first-order chi connectivity index (χ1) is 7.16. The molecule has 0 spiro atoms. The van der Waals surface area contributed by atoms with E-state index in [4.69, 9.17) is 21.8 Å². The Kier molecular flexibility index (Phi) is 3.37. The van der Waals surface area contributed by atoms with Crippen LogP contribution in [0.3, 0.4) is 0 Å². The predicted molar refractivity (Wildman–Crippen MR) is 61.8 cm³/mol. The van der Waals surface area contributed by atoms with Gasteiger partial charge in [0.2, 0.25) is 0 Å². The van der Waals surface area contributed by atoms with Crippen molar-refractivity contribution >= 4 is 11.6 Å². The normalized spacial score (nSPS) is 29.0. The maximum atomic E-state index is 6.18. The Hall–Kier alpha value is -0.470. The summed E-state index contributed by atoms with van der Waals surface area (Å²) in [6.45, 7) is 2.31. The molecule has 1 fully saturated rings. The average molecular weight is 228 g/mol. The molecular formula is C12H18ClNO. The molecule has 15 heavy (non-hydrogen) atoms. The highest BCUT2D eigenvalue weighted by Gasteiger charge is 2.26. The van der Waals surface area contributed by atoms with Crippen molar-refractivity contribution in [3.63, 3.8) is 0 Å². The molecule has 3 heteroatoms. The van der Waals surface area contributed by atoms with Crippen LogP contribution in [0.25, 0.3) is 0 Å². The molecule has 0 aromatic carbocycles. The van der Waals surface area contributed by atoms with E-state index in [-0.39, 0.29) is 6.04 Å². The summed E-state index contributed by atoms with van der Waals surface area (Å²) >= 11 is 5.74. The van der Waals surface area contributed by atoms with Crippen LogP contribution < -0.4 is 5.73 Å². The van der Waals surface area contributed by atoms with Gasteiger partial charge < -0.3 is 10.2 Å². The largest absolute Gasteiger partial charge is 0.448 e. The molecule has 2 nitrogen and oxygen atoms in total. The van der Waals surface area contributed by atoms with E-state index in [9.17, 15) is 0 Å². The van der Waals surface area contributed by atoms with Crippen molar-refractivity contribution < 1.29 is 4.42 Å². The Morgan fingerprint density at radius 3 is 2.53 bits per heavy atom. The zero-order valence-electron chi connectivity index (χ0n) is 9.08. The fourth-order valence-corrected chi connectivity index (χ4v) is 2.54. The molecular weight excluding hydrogens is 210 g/mol. The predicted octanol–water partition coefficient (Wildman–Crippen LogP) is 3.76. The van der Waals surface area contributed by atoms with Crippen LogP contribution >= 0.6 is 11.6 Å². The zero-order valence-corrected chi connectivity index (χ0v) is 9.83. The van der Waals surface area contributed by atoms with Gasteiger partial charge in [-0.1, -0.05) is 19.8 Å². The third kappa shape index (κ3) is 2.56. The van der Waals surface area contributed by atoms with E-state index in [0.29, 0.717) is 11.1 Å². The first kappa shape index (κ1) is 11.0. The van der Waals surface area contributed by atoms with E-state index in [1.165, 1.54) is 25.7 Å². The molecule has 84 valence electrons. The summed E-state index contributed by atoms with van der Waals surface area (Å²) in [5.41, 5.74) is 6.18. The summed E-state index contributed by atoms with van der Waals surface area (Å²) in [7, 11) is 0. The smallest absolute Gasteiger partial charge is 0.193 e. The Balaban J connectivity index is 1.99. The molecule has 0 radical (unpaired) electrons. The van der Waals surface area contributed by atoms with Crippen LogP contribution in [0.5, 0.6) is 0 Å². The second kappa shape index (κ2) is 4.58. The van der Waals surface area contributed by atoms with E-state index in [0.717, 1.165) is 11.7 Å². The third-order valence-corrected chi connectivity index (χ3v) is 3.69. The van der Waals surface area contributed by atoms with Crippen LogP contribution in [-0.2, 0) is 0 Å². The van der Waals surface area contributed by atoms with E-state index in [1.807, 2.05) is 6.07 Å².